The van der Waals surface area contributed by atoms with Crippen molar-refractivity contribution in [2.45, 2.75) is 38.0 Å². The zero-order chi connectivity index (χ0) is 22.6. The molecule has 3 aromatic rings. The highest BCUT2D eigenvalue weighted by atomic mass is 35.5. The molecule has 2 atom stereocenters. The molecule has 2 bridgehead atoms. The van der Waals surface area contributed by atoms with Crippen molar-refractivity contribution in [3.05, 3.63) is 58.5 Å². The summed E-state index contributed by atoms with van der Waals surface area (Å²) in [5.74, 6) is 0.377. The van der Waals surface area contributed by atoms with Crippen molar-refractivity contribution in [3.63, 3.8) is 0 Å². The van der Waals surface area contributed by atoms with Crippen LogP contribution >= 0.6 is 11.6 Å². The summed E-state index contributed by atoms with van der Waals surface area (Å²) < 4.78 is 40.5. The number of carbonyl (C=O) groups is 1. The third kappa shape index (κ3) is 3.40. The van der Waals surface area contributed by atoms with Gasteiger partial charge in [-0.2, -0.15) is 13.2 Å². The number of benzene rings is 1. The minimum atomic E-state index is -4.54. The largest absolute Gasteiger partial charge is 0.418 e. The summed E-state index contributed by atoms with van der Waals surface area (Å²) in [6.45, 7) is 2.35. The van der Waals surface area contributed by atoms with Crippen LogP contribution in [0.4, 0.5) is 29.5 Å². The fraction of sp³-hybridized carbons (Fsp3) is 0.318. The Labute approximate surface area is 186 Å². The second-order valence-electron chi connectivity index (χ2n) is 8.05. The molecular formula is C22H19ClF3N5O. The van der Waals surface area contributed by atoms with E-state index in [4.69, 9.17) is 11.6 Å². The SMILES string of the molecule is Cc1nccc2c(NC(=O)NC3CCN4c5ncc(C(F)(F)F)c(c5Cl)C4C3)cccc12. The molecule has 10 heteroatoms. The average molecular weight is 462 g/mol. The third-order valence-corrected chi connectivity index (χ3v) is 6.51. The molecule has 5 rings (SSSR count). The smallest absolute Gasteiger partial charge is 0.348 e. The first kappa shape index (κ1) is 20.8. The Morgan fingerprint density at radius 2 is 2.03 bits per heavy atom. The molecule has 6 nitrogen and oxygen atoms in total. The number of fused-ring (bicyclic) bond motifs is 6. The second kappa shape index (κ2) is 7.51. The molecule has 2 unspecified atom stereocenters. The van der Waals surface area contributed by atoms with E-state index >= 15 is 0 Å². The number of amides is 2. The van der Waals surface area contributed by atoms with Gasteiger partial charge in [0.1, 0.15) is 5.82 Å². The van der Waals surface area contributed by atoms with Gasteiger partial charge in [-0.1, -0.05) is 23.7 Å². The van der Waals surface area contributed by atoms with Crippen LogP contribution in [0, 0.1) is 6.92 Å². The van der Waals surface area contributed by atoms with Crippen LogP contribution in [0.15, 0.2) is 36.7 Å². The molecule has 1 fully saturated rings. The molecule has 2 N–H and O–H groups in total. The van der Waals surface area contributed by atoms with E-state index in [1.54, 1.807) is 17.2 Å². The highest BCUT2D eigenvalue weighted by Crippen LogP contribution is 2.51. The number of rotatable bonds is 2. The number of piperidine rings is 1. The van der Waals surface area contributed by atoms with Crippen LogP contribution in [-0.4, -0.2) is 28.6 Å². The van der Waals surface area contributed by atoms with Gasteiger partial charge in [-0.15, -0.1) is 0 Å². The molecule has 2 aliphatic rings. The van der Waals surface area contributed by atoms with Gasteiger partial charge in [0, 0.05) is 47.0 Å². The summed E-state index contributed by atoms with van der Waals surface area (Å²) in [5, 5.41) is 7.62. The molecule has 2 aromatic heterocycles. The molecule has 0 saturated carbocycles. The predicted octanol–water partition coefficient (Wildman–Crippen LogP) is 5.46. The van der Waals surface area contributed by atoms with Crippen LogP contribution in [0.5, 0.6) is 0 Å². The molecule has 2 amide bonds. The Bertz CT molecular complexity index is 1230. The van der Waals surface area contributed by atoms with E-state index in [-0.39, 0.29) is 16.6 Å². The van der Waals surface area contributed by atoms with E-state index in [0.29, 0.717) is 30.9 Å². The Morgan fingerprint density at radius 3 is 2.81 bits per heavy atom. The average Bonchev–Trinajstić information content (AvgIpc) is 2.89. The topological polar surface area (TPSA) is 70.2 Å². The van der Waals surface area contributed by atoms with E-state index in [9.17, 15) is 18.0 Å². The Morgan fingerprint density at radius 1 is 1.22 bits per heavy atom. The maximum atomic E-state index is 13.5. The van der Waals surface area contributed by atoms with Crippen molar-refractivity contribution < 1.29 is 18.0 Å². The van der Waals surface area contributed by atoms with Gasteiger partial charge in [0.05, 0.1) is 22.3 Å². The van der Waals surface area contributed by atoms with Crippen LogP contribution in [-0.2, 0) is 6.18 Å². The maximum absolute atomic E-state index is 13.5. The van der Waals surface area contributed by atoms with Gasteiger partial charge in [0.2, 0.25) is 0 Å². The van der Waals surface area contributed by atoms with Crippen LogP contribution in [0.25, 0.3) is 10.8 Å². The summed E-state index contributed by atoms with van der Waals surface area (Å²) in [4.78, 5) is 22.7. The monoisotopic (exact) mass is 461 g/mol. The van der Waals surface area contributed by atoms with Gasteiger partial charge < -0.3 is 15.5 Å². The van der Waals surface area contributed by atoms with Gasteiger partial charge in [0.15, 0.2) is 0 Å². The molecule has 1 aromatic carbocycles. The molecular weight excluding hydrogens is 443 g/mol. The lowest BCUT2D eigenvalue weighted by Gasteiger charge is -2.36. The van der Waals surface area contributed by atoms with E-state index in [0.717, 1.165) is 22.7 Å². The van der Waals surface area contributed by atoms with Crippen molar-refractivity contribution in [1.82, 2.24) is 15.3 Å². The van der Waals surface area contributed by atoms with E-state index in [2.05, 4.69) is 20.6 Å². The van der Waals surface area contributed by atoms with Crippen molar-refractivity contribution in [2.75, 3.05) is 16.8 Å². The predicted molar refractivity (Wildman–Crippen MR) is 116 cm³/mol. The van der Waals surface area contributed by atoms with E-state index in [1.807, 2.05) is 25.1 Å². The molecule has 4 heterocycles. The third-order valence-electron chi connectivity index (χ3n) is 6.14. The van der Waals surface area contributed by atoms with Crippen molar-refractivity contribution in [3.8, 4) is 0 Å². The fourth-order valence-corrected chi connectivity index (χ4v) is 5.06. The first-order valence-electron chi connectivity index (χ1n) is 10.2. The zero-order valence-corrected chi connectivity index (χ0v) is 17.8. The number of aromatic nitrogens is 2. The molecule has 0 aliphatic carbocycles. The summed E-state index contributed by atoms with van der Waals surface area (Å²) in [6, 6.07) is 6.12. The van der Waals surface area contributed by atoms with Crippen molar-refractivity contribution in [2.24, 2.45) is 0 Å². The number of pyridine rings is 2. The summed E-state index contributed by atoms with van der Waals surface area (Å²) in [6.07, 6.45) is -1.13. The molecule has 1 saturated heterocycles. The minimum Gasteiger partial charge on any atom is -0.348 e. The van der Waals surface area contributed by atoms with Crippen LogP contribution in [0.3, 0.4) is 0 Å². The lowest BCUT2D eigenvalue weighted by molar-refractivity contribution is -0.138. The highest BCUT2D eigenvalue weighted by Gasteiger charge is 2.46. The number of halogens is 4. The minimum absolute atomic E-state index is 0.0492. The molecule has 166 valence electrons. The number of anilines is 2. The number of hydrogen-bond acceptors (Lipinski definition) is 4. The van der Waals surface area contributed by atoms with Crippen LogP contribution in [0.2, 0.25) is 5.02 Å². The van der Waals surface area contributed by atoms with Crippen LogP contribution in [0.1, 0.15) is 35.7 Å². The standard InChI is InChI=1S/C22H19ClF3N5O/c1-11-13-3-2-4-16(14(13)5-7-27-11)30-21(32)29-12-6-8-31-17(9-12)18-15(22(24,25)26)10-28-20(31)19(18)23/h2-5,7,10,12,17H,6,8-9H2,1H3,(H2,29,30,32). The number of carbonyl (C=O) groups excluding carboxylic acids is 1. The maximum Gasteiger partial charge on any atom is 0.418 e. The number of hydrogen-bond donors (Lipinski definition) is 2. The summed E-state index contributed by atoms with van der Waals surface area (Å²) in [7, 11) is 0. The van der Waals surface area contributed by atoms with Gasteiger partial charge in [0.25, 0.3) is 0 Å². The number of aryl methyl sites for hydroxylation is 1. The zero-order valence-electron chi connectivity index (χ0n) is 17.0. The van der Waals surface area contributed by atoms with Gasteiger partial charge >= 0.3 is 12.2 Å². The molecule has 2 aliphatic heterocycles. The van der Waals surface area contributed by atoms with Crippen molar-refractivity contribution in [1.29, 1.82) is 0 Å². The molecule has 0 radical (unpaired) electrons. The number of urea groups is 1. The highest BCUT2D eigenvalue weighted by molar-refractivity contribution is 6.34. The number of alkyl halides is 3. The second-order valence-corrected chi connectivity index (χ2v) is 8.42. The van der Waals surface area contributed by atoms with Crippen molar-refractivity contribution >= 4 is 39.9 Å². The normalized spacial score (nSPS) is 19.7. The first-order valence-corrected chi connectivity index (χ1v) is 10.6. The van der Waals surface area contributed by atoms with Gasteiger partial charge in [-0.25, -0.2) is 9.78 Å². The lowest BCUT2D eigenvalue weighted by atomic mass is 9.93. The lowest BCUT2D eigenvalue weighted by Crippen LogP contribution is -2.46. The van der Waals surface area contributed by atoms with Gasteiger partial charge in [-0.3, -0.25) is 4.98 Å². The Kier molecular flexibility index (Phi) is 4.88. The summed E-state index contributed by atoms with van der Waals surface area (Å²) in [5.41, 5.74) is 0.728. The molecule has 32 heavy (non-hydrogen) atoms. The van der Waals surface area contributed by atoms with E-state index < -0.39 is 23.8 Å². The Balaban J connectivity index is 1.33. The quantitative estimate of drug-likeness (QED) is 0.532. The van der Waals surface area contributed by atoms with E-state index in [1.165, 1.54) is 0 Å². The number of nitrogens with zero attached hydrogens (tertiary/aromatic N) is 3. The number of nitrogens with one attached hydrogen (secondary N) is 2. The fourth-order valence-electron chi connectivity index (χ4n) is 4.67. The summed E-state index contributed by atoms with van der Waals surface area (Å²) >= 11 is 6.25. The van der Waals surface area contributed by atoms with Crippen LogP contribution < -0.4 is 15.5 Å². The Hall–Kier alpha value is -3.07. The van der Waals surface area contributed by atoms with Gasteiger partial charge in [-0.05, 0) is 31.9 Å². The molecule has 0 spiro atoms. The first-order chi connectivity index (χ1) is 15.2.